The molecule has 3 N–H and O–H groups in total. The summed E-state index contributed by atoms with van der Waals surface area (Å²) >= 11 is 0. The van der Waals surface area contributed by atoms with Gasteiger partial charge in [-0.05, 0) is 19.4 Å². The van der Waals surface area contributed by atoms with Crippen LogP contribution in [-0.4, -0.2) is 56.4 Å². The van der Waals surface area contributed by atoms with E-state index in [2.05, 4.69) is 17.2 Å². The average Bonchev–Trinajstić information content (AvgIpc) is 2.81. The van der Waals surface area contributed by atoms with Crippen LogP contribution < -0.4 is 11.3 Å². The van der Waals surface area contributed by atoms with Crippen LogP contribution >= 0.6 is 0 Å². The van der Waals surface area contributed by atoms with E-state index < -0.39 is 0 Å². The predicted octanol–water partition coefficient (Wildman–Crippen LogP) is -0.508. The Balaban J connectivity index is 2.30. The lowest BCUT2D eigenvalue weighted by Gasteiger charge is -2.23. The van der Waals surface area contributed by atoms with E-state index in [9.17, 15) is 4.79 Å². The highest BCUT2D eigenvalue weighted by Crippen LogP contribution is 2.20. The molecule has 2 atom stereocenters. The topological polar surface area (TPSA) is 76.8 Å². The molecule has 1 aliphatic heterocycles. The molecule has 2 unspecified atom stereocenters. The number of hydrogen-bond donors (Lipinski definition) is 2. The van der Waals surface area contributed by atoms with Crippen LogP contribution in [0.25, 0.3) is 0 Å². The smallest absolute Gasteiger partial charge is 0.263 e. The lowest BCUT2D eigenvalue weighted by atomic mass is 10.2. The summed E-state index contributed by atoms with van der Waals surface area (Å²) in [7, 11) is 1.70. The summed E-state index contributed by atoms with van der Waals surface area (Å²) in [6.45, 7) is 5.51. The third kappa shape index (κ3) is 4.59. The first-order valence-electron chi connectivity index (χ1n) is 6.08. The van der Waals surface area contributed by atoms with Gasteiger partial charge in [-0.3, -0.25) is 15.1 Å². The van der Waals surface area contributed by atoms with Crippen LogP contribution in [0.4, 0.5) is 0 Å². The van der Waals surface area contributed by atoms with E-state index in [1.54, 1.807) is 7.11 Å². The van der Waals surface area contributed by atoms with E-state index in [0.29, 0.717) is 6.61 Å². The first-order valence-corrected chi connectivity index (χ1v) is 6.08. The second kappa shape index (κ2) is 7.60. The van der Waals surface area contributed by atoms with Crippen molar-refractivity contribution < 1.29 is 14.3 Å². The van der Waals surface area contributed by atoms with Crippen molar-refractivity contribution in [3.63, 3.8) is 0 Å². The molecule has 6 heteroatoms. The summed E-state index contributed by atoms with van der Waals surface area (Å²) < 4.78 is 10.7. The van der Waals surface area contributed by atoms with E-state index >= 15 is 0 Å². The molecule has 100 valence electrons. The molecule has 1 fully saturated rings. The monoisotopic (exact) mass is 245 g/mol. The van der Waals surface area contributed by atoms with Gasteiger partial charge in [0.25, 0.3) is 5.91 Å². The number of nitrogens with zero attached hydrogens (tertiary/aromatic N) is 1. The molecular formula is C11H23N3O3. The zero-order valence-corrected chi connectivity index (χ0v) is 10.6. The van der Waals surface area contributed by atoms with Gasteiger partial charge >= 0.3 is 0 Å². The molecule has 1 heterocycles. The van der Waals surface area contributed by atoms with E-state index in [0.717, 1.165) is 32.5 Å². The molecule has 1 amide bonds. The lowest BCUT2D eigenvalue weighted by molar-refractivity contribution is -0.132. The summed E-state index contributed by atoms with van der Waals surface area (Å²) in [5.41, 5.74) is 2.13. The van der Waals surface area contributed by atoms with Crippen molar-refractivity contribution in [2.24, 2.45) is 5.84 Å². The van der Waals surface area contributed by atoms with Crippen LogP contribution in [0.1, 0.15) is 19.8 Å². The van der Waals surface area contributed by atoms with Gasteiger partial charge in [0.1, 0.15) is 6.10 Å². The predicted molar refractivity (Wildman–Crippen MR) is 64.2 cm³/mol. The van der Waals surface area contributed by atoms with Gasteiger partial charge in [-0.25, -0.2) is 5.84 Å². The molecule has 0 aromatic carbocycles. The zero-order chi connectivity index (χ0) is 12.7. The Hall–Kier alpha value is -0.690. The Morgan fingerprint density at radius 2 is 2.35 bits per heavy atom. The molecule has 0 bridgehead atoms. The second-order valence-corrected chi connectivity index (χ2v) is 4.22. The molecule has 0 spiro atoms. The fourth-order valence-corrected chi connectivity index (χ4v) is 2.01. The van der Waals surface area contributed by atoms with Gasteiger partial charge in [0, 0.05) is 20.2 Å². The van der Waals surface area contributed by atoms with E-state index in [1.165, 1.54) is 0 Å². The SMILES string of the molecule is CCN(CCOC)CC1CCC(C(=O)NN)O1. The number of likely N-dealkylation sites (N-methyl/N-ethyl adjacent to an activating group) is 1. The Morgan fingerprint density at radius 1 is 1.59 bits per heavy atom. The molecule has 17 heavy (non-hydrogen) atoms. The molecule has 0 saturated carbocycles. The van der Waals surface area contributed by atoms with Crippen LogP contribution in [0.5, 0.6) is 0 Å². The van der Waals surface area contributed by atoms with Crippen molar-refractivity contribution in [3.8, 4) is 0 Å². The van der Waals surface area contributed by atoms with Crippen LogP contribution in [0.3, 0.4) is 0 Å². The largest absolute Gasteiger partial charge is 0.383 e. The molecule has 6 nitrogen and oxygen atoms in total. The number of carbonyl (C=O) groups excluding carboxylic acids is 1. The molecular weight excluding hydrogens is 222 g/mol. The number of rotatable bonds is 7. The minimum atomic E-state index is -0.383. The number of hydrogen-bond acceptors (Lipinski definition) is 5. The van der Waals surface area contributed by atoms with Gasteiger partial charge in [0.2, 0.25) is 0 Å². The lowest BCUT2D eigenvalue weighted by Crippen LogP contribution is -2.40. The molecule has 0 aromatic heterocycles. The van der Waals surface area contributed by atoms with E-state index in [1.807, 2.05) is 0 Å². The van der Waals surface area contributed by atoms with Crippen molar-refractivity contribution in [1.29, 1.82) is 0 Å². The summed E-state index contributed by atoms with van der Waals surface area (Å²) in [5, 5.41) is 0. The van der Waals surface area contributed by atoms with E-state index in [-0.39, 0.29) is 18.1 Å². The fourth-order valence-electron chi connectivity index (χ4n) is 2.01. The summed E-state index contributed by atoms with van der Waals surface area (Å²) in [4.78, 5) is 13.6. The number of methoxy groups -OCH3 is 1. The van der Waals surface area contributed by atoms with Crippen LogP contribution in [0.2, 0.25) is 0 Å². The molecule has 0 aliphatic carbocycles. The first-order chi connectivity index (χ1) is 8.21. The highest BCUT2D eigenvalue weighted by molar-refractivity contribution is 5.80. The minimum Gasteiger partial charge on any atom is -0.383 e. The van der Waals surface area contributed by atoms with Crippen molar-refractivity contribution in [2.45, 2.75) is 32.0 Å². The van der Waals surface area contributed by atoms with Crippen molar-refractivity contribution >= 4 is 5.91 Å². The zero-order valence-electron chi connectivity index (χ0n) is 10.6. The first kappa shape index (κ1) is 14.4. The highest BCUT2D eigenvalue weighted by Gasteiger charge is 2.30. The molecule has 1 saturated heterocycles. The van der Waals surface area contributed by atoms with Crippen LogP contribution in [-0.2, 0) is 14.3 Å². The number of nitrogens with one attached hydrogen (secondary N) is 1. The Kier molecular flexibility index (Phi) is 6.43. The summed E-state index contributed by atoms with van der Waals surface area (Å²) in [6, 6.07) is 0. The molecule has 0 aromatic rings. The fraction of sp³-hybridized carbons (Fsp3) is 0.909. The van der Waals surface area contributed by atoms with Crippen molar-refractivity contribution in [3.05, 3.63) is 0 Å². The van der Waals surface area contributed by atoms with E-state index in [4.69, 9.17) is 15.3 Å². The maximum absolute atomic E-state index is 11.3. The van der Waals surface area contributed by atoms with Gasteiger partial charge in [-0.15, -0.1) is 0 Å². The summed E-state index contributed by atoms with van der Waals surface area (Å²) in [5.74, 6) is 4.85. The molecule has 1 aliphatic rings. The number of nitrogens with two attached hydrogens (primary N) is 1. The van der Waals surface area contributed by atoms with Gasteiger partial charge < -0.3 is 9.47 Å². The average molecular weight is 245 g/mol. The third-order valence-corrected chi connectivity index (χ3v) is 3.06. The van der Waals surface area contributed by atoms with Gasteiger partial charge in [0.15, 0.2) is 0 Å². The Labute approximate surface area is 102 Å². The maximum Gasteiger partial charge on any atom is 0.263 e. The van der Waals surface area contributed by atoms with Gasteiger partial charge in [0.05, 0.1) is 12.7 Å². The normalized spacial score (nSPS) is 24.2. The van der Waals surface area contributed by atoms with Crippen LogP contribution in [0, 0.1) is 0 Å². The Morgan fingerprint density at radius 3 is 2.94 bits per heavy atom. The number of ether oxygens (including phenoxy) is 2. The van der Waals surface area contributed by atoms with Gasteiger partial charge in [-0.1, -0.05) is 6.92 Å². The quantitative estimate of drug-likeness (QED) is 0.359. The van der Waals surface area contributed by atoms with Crippen molar-refractivity contribution in [1.82, 2.24) is 10.3 Å². The third-order valence-electron chi connectivity index (χ3n) is 3.06. The highest BCUT2D eigenvalue weighted by atomic mass is 16.5. The number of amides is 1. The minimum absolute atomic E-state index is 0.120. The van der Waals surface area contributed by atoms with Gasteiger partial charge in [-0.2, -0.15) is 0 Å². The summed E-state index contributed by atoms with van der Waals surface area (Å²) in [6.07, 6.45) is 1.39. The number of carbonyl (C=O) groups is 1. The van der Waals surface area contributed by atoms with Crippen molar-refractivity contribution in [2.75, 3.05) is 33.4 Å². The standard InChI is InChI=1S/C11H23N3O3/c1-3-14(6-7-16-2)8-9-4-5-10(17-9)11(15)13-12/h9-10H,3-8,12H2,1-2H3,(H,13,15). The maximum atomic E-state index is 11.3. The molecule has 0 radical (unpaired) electrons. The molecule has 1 rings (SSSR count). The number of hydrazine groups is 1. The van der Waals surface area contributed by atoms with Crippen LogP contribution in [0.15, 0.2) is 0 Å². The Bertz CT molecular complexity index is 238. The second-order valence-electron chi connectivity index (χ2n) is 4.22.